The third-order valence-electron chi connectivity index (χ3n) is 3.46. The van der Waals surface area contributed by atoms with Gasteiger partial charge in [-0.25, -0.2) is 4.98 Å². The summed E-state index contributed by atoms with van der Waals surface area (Å²) >= 11 is 5.96. The Labute approximate surface area is 108 Å². The van der Waals surface area contributed by atoms with Crippen LogP contribution in [0.1, 0.15) is 25.3 Å². The molecule has 4 heteroatoms. The number of rotatable bonds is 3. The molecule has 0 aromatic carbocycles. The minimum absolute atomic E-state index is 0.0701. The number of nitrogens with zero attached hydrogens (tertiary/aromatic N) is 2. The van der Waals surface area contributed by atoms with Crippen LogP contribution in [0.15, 0.2) is 18.3 Å². The Morgan fingerprint density at radius 2 is 2.41 bits per heavy atom. The lowest BCUT2D eigenvalue weighted by Crippen LogP contribution is -2.48. The zero-order chi connectivity index (χ0) is 12.3. The van der Waals surface area contributed by atoms with Gasteiger partial charge >= 0.3 is 0 Å². The molecule has 2 heterocycles. The number of hydrogen-bond acceptors (Lipinski definition) is 3. The van der Waals surface area contributed by atoms with E-state index >= 15 is 0 Å². The zero-order valence-corrected chi connectivity index (χ0v) is 11.2. The molecule has 1 aromatic rings. The highest BCUT2D eigenvalue weighted by atomic mass is 35.5. The molecule has 1 fully saturated rings. The summed E-state index contributed by atoms with van der Waals surface area (Å²) in [7, 11) is 1.78. The van der Waals surface area contributed by atoms with Gasteiger partial charge in [-0.1, -0.05) is 6.07 Å². The Balaban J connectivity index is 2.22. The van der Waals surface area contributed by atoms with Crippen molar-refractivity contribution in [2.75, 3.05) is 25.1 Å². The molecule has 0 N–H and O–H groups in total. The summed E-state index contributed by atoms with van der Waals surface area (Å²) in [6.07, 6.45) is 4.05. The first-order valence-electron chi connectivity index (χ1n) is 5.98. The molecule has 0 saturated carbocycles. The summed E-state index contributed by atoms with van der Waals surface area (Å²) in [6, 6.07) is 3.97. The van der Waals surface area contributed by atoms with Crippen molar-refractivity contribution in [3.8, 4) is 0 Å². The molecule has 17 heavy (non-hydrogen) atoms. The average molecular weight is 255 g/mol. The van der Waals surface area contributed by atoms with E-state index in [0.29, 0.717) is 5.88 Å². The molecule has 3 nitrogen and oxygen atoms in total. The number of halogens is 1. The second kappa shape index (κ2) is 5.23. The summed E-state index contributed by atoms with van der Waals surface area (Å²) in [6.45, 7) is 4.06. The summed E-state index contributed by atoms with van der Waals surface area (Å²) in [4.78, 5) is 6.74. The minimum Gasteiger partial charge on any atom is -0.377 e. The van der Waals surface area contributed by atoms with Crippen LogP contribution in [-0.2, 0) is 10.6 Å². The van der Waals surface area contributed by atoms with Crippen LogP contribution in [-0.4, -0.2) is 30.8 Å². The molecule has 0 bridgehead atoms. The van der Waals surface area contributed by atoms with Gasteiger partial charge in [0.1, 0.15) is 5.82 Å². The molecule has 1 aromatic heterocycles. The minimum atomic E-state index is -0.0701. The van der Waals surface area contributed by atoms with E-state index in [1.54, 1.807) is 7.11 Å². The SMILES string of the molecule is COC1(C)CCCN(c2ncccc2CCl)C1. The number of methoxy groups -OCH3 is 1. The Kier molecular flexibility index (Phi) is 3.89. The number of anilines is 1. The average Bonchev–Trinajstić information content (AvgIpc) is 2.39. The molecule has 1 saturated heterocycles. The Hall–Kier alpha value is -0.800. The summed E-state index contributed by atoms with van der Waals surface area (Å²) in [5.41, 5.74) is 1.02. The van der Waals surface area contributed by atoms with Gasteiger partial charge in [0, 0.05) is 32.0 Å². The monoisotopic (exact) mass is 254 g/mol. The van der Waals surface area contributed by atoms with Crippen LogP contribution >= 0.6 is 11.6 Å². The van der Waals surface area contributed by atoms with E-state index in [9.17, 15) is 0 Å². The van der Waals surface area contributed by atoms with Crippen molar-refractivity contribution in [1.29, 1.82) is 0 Å². The predicted octanol–water partition coefficient (Wildman–Crippen LogP) is 2.83. The molecular weight excluding hydrogens is 236 g/mol. The third kappa shape index (κ3) is 2.72. The van der Waals surface area contributed by atoms with Crippen molar-refractivity contribution < 1.29 is 4.74 Å². The molecule has 0 spiro atoms. The number of ether oxygens (including phenoxy) is 1. The molecule has 0 radical (unpaired) electrons. The fourth-order valence-electron chi connectivity index (χ4n) is 2.37. The Morgan fingerprint density at radius 1 is 1.59 bits per heavy atom. The second-order valence-electron chi connectivity index (χ2n) is 4.80. The van der Waals surface area contributed by atoms with E-state index in [1.165, 1.54) is 0 Å². The number of piperidine rings is 1. The van der Waals surface area contributed by atoms with Gasteiger partial charge in [-0.3, -0.25) is 0 Å². The predicted molar refractivity (Wildman–Crippen MR) is 70.7 cm³/mol. The topological polar surface area (TPSA) is 25.4 Å². The van der Waals surface area contributed by atoms with Gasteiger partial charge in [0.15, 0.2) is 0 Å². The van der Waals surface area contributed by atoms with E-state index in [4.69, 9.17) is 16.3 Å². The first-order valence-corrected chi connectivity index (χ1v) is 6.52. The lowest BCUT2D eigenvalue weighted by atomic mass is 9.94. The van der Waals surface area contributed by atoms with Crippen molar-refractivity contribution in [1.82, 2.24) is 4.98 Å². The molecule has 1 aliphatic heterocycles. The zero-order valence-electron chi connectivity index (χ0n) is 10.4. The lowest BCUT2D eigenvalue weighted by molar-refractivity contribution is -0.00483. The van der Waals surface area contributed by atoms with Crippen LogP contribution in [0.3, 0.4) is 0 Å². The van der Waals surface area contributed by atoms with Crippen molar-refractivity contribution >= 4 is 17.4 Å². The molecule has 1 atom stereocenters. The van der Waals surface area contributed by atoms with Gasteiger partial charge in [0.2, 0.25) is 0 Å². The van der Waals surface area contributed by atoms with E-state index in [2.05, 4.69) is 16.8 Å². The molecular formula is C13H19ClN2O. The highest BCUT2D eigenvalue weighted by Crippen LogP contribution is 2.29. The highest BCUT2D eigenvalue weighted by molar-refractivity contribution is 6.17. The Bertz CT molecular complexity index is 385. The number of alkyl halides is 1. The van der Waals surface area contributed by atoms with Crippen LogP contribution in [0.25, 0.3) is 0 Å². The highest BCUT2D eigenvalue weighted by Gasteiger charge is 2.31. The van der Waals surface area contributed by atoms with Crippen LogP contribution in [0, 0.1) is 0 Å². The standard InChI is InChI=1S/C13H19ClN2O/c1-13(17-2)6-4-8-16(10-13)12-11(9-14)5-3-7-15-12/h3,5,7H,4,6,8-10H2,1-2H3. The molecule has 0 aliphatic carbocycles. The van der Waals surface area contributed by atoms with Crippen LogP contribution in [0.4, 0.5) is 5.82 Å². The maximum atomic E-state index is 5.96. The van der Waals surface area contributed by atoms with Gasteiger partial charge in [-0.15, -0.1) is 11.6 Å². The quantitative estimate of drug-likeness (QED) is 0.776. The van der Waals surface area contributed by atoms with Gasteiger partial charge in [-0.05, 0) is 25.8 Å². The fraction of sp³-hybridized carbons (Fsp3) is 0.615. The fourth-order valence-corrected chi connectivity index (χ4v) is 2.58. The number of hydrogen-bond donors (Lipinski definition) is 0. The molecule has 1 unspecified atom stereocenters. The number of aromatic nitrogens is 1. The van der Waals surface area contributed by atoms with Crippen LogP contribution < -0.4 is 4.90 Å². The third-order valence-corrected chi connectivity index (χ3v) is 3.75. The van der Waals surface area contributed by atoms with Crippen molar-refractivity contribution in [3.63, 3.8) is 0 Å². The molecule has 1 aliphatic rings. The van der Waals surface area contributed by atoms with E-state index < -0.39 is 0 Å². The number of pyridine rings is 1. The molecule has 2 rings (SSSR count). The van der Waals surface area contributed by atoms with Gasteiger partial charge in [0.05, 0.1) is 11.5 Å². The maximum absolute atomic E-state index is 5.96. The van der Waals surface area contributed by atoms with Crippen molar-refractivity contribution in [2.24, 2.45) is 0 Å². The normalized spacial score (nSPS) is 25.0. The summed E-state index contributed by atoms with van der Waals surface area (Å²) < 4.78 is 5.60. The lowest BCUT2D eigenvalue weighted by Gasteiger charge is -2.40. The van der Waals surface area contributed by atoms with E-state index in [0.717, 1.165) is 37.3 Å². The van der Waals surface area contributed by atoms with Crippen molar-refractivity contribution in [3.05, 3.63) is 23.9 Å². The van der Waals surface area contributed by atoms with E-state index in [-0.39, 0.29) is 5.60 Å². The van der Waals surface area contributed by atoms with Gasteiger partial charge < -0.3 is 9.64 Å². The van der Waals surface area contributed by atoms with E-state index in [1.807, 2.05) is 18.3 Å². The van der Waals surface area contributed by atoms with Gasteiger partial charge in [-0.2, -0.15) is 0 Å². The molecule has 0 amide bonds. The van der Waals surface area contributed by atoms with Gasteiger partial charge in [0.25, 0.3) is 0 Å². The van der Waals surface area contributed by atoms with Crippen molar-refractivity contribution in [2.45, 2.75) is 31.2 Å². The second-order valence-corrected chi connectivity index (χ2v) is 5.07. The van der Waals surface area contributed by atoms with Crippen LogP contribution in [0.5, 0.6) is 0 Å². The first-order chi connectivity index (χ1) is 8.18. The maximum Gasteiger partial charge on any atom is 0.133 e. The molecule has 94 valence electrons. The largest absolute Gasteiger partial charge is 0.377 e. The van der Waals surface area contributed by atoms with Crippen LogP contribution in [0.2, 0.25) is 0 Å². The smallest absolute Gasteiger partial charge is 0.133 e. The summed E-state index contributed by atoms with van der Waals surface area (Å²) in [5.74, 6) is 1.51. The first kappa shape index (κ1) is 12.7. The Morgan fingerprint density at radius 3 is 3.12 bits per heavy atom. The summed E-state index contributed by atoms with van der Waals surface area (Å²) in [5, 5.41) is 0.